The largest absolute Gasteiger partial charge is 0.351 e. The van der Waals surface area contributed by atoms with Gasteiger partial charge >= 0.3 is 7.60 Å². The van der Waals surface area contributed by atoms with E-state index >= 15 is 0 Å². The lowest BCUT2D eigenvalue weighted by molar-refractivity contribution is 0.242. The van der Waals surface area contributed by atoms with E-state index in [1.54, 1.807) is 25.1 Å². The Hall–Kier alpha value is -0.640. The molecule has 0 aromatic heterocycles. The molecular weight excluding hydrogens is 297 g/mol. The van der Waals surface area contributed by atoms with Gasteiger partial charge < -0.3 is 9.05 Å². The van der Waals surface area contributed by atoms with E-state index in [2.05, 4.69) is 0 Å². The second-order valence-corrected chi connectivity index (χ2v) is 7.41. The second kappa shape index (κ2) is 7.39. The highest BCUT2D eigenvalue weighted by Gasteiger charge is 2.34. The number of rotatable bonds is 6. The van der Waals surface area contributed by atoms with E-state index in [9.17, 15) is 4.57 Å². The van der Waals surface area contributed by atoms with Gasteiger partial charge in [-0.2, -0.15) is 0 Å². The van der Waals surface area contributed by atoms with Crippen molar-refractivity contribution < 1.29 is 13.6 Å². The van der Waals surface area contributed by atoms with Gasteiger partial charge in [-0.05, 0) is 32.7 Å². The third kappa shape index (κ3) is 4.18. The quantitative estimate of drug-likeness (QED) is 0.745. The predicted molar refractivity (Wildman–Crippen MR) is 84.1 cm³/mol. The standard InChI is InChI=1S/C14H21ClNO3P/c1-11-6-8-12(9-7-11)13(15)10-14(16(2)3)20(17,18-4)19-5/h6-10,14H,1-5H3/b13-10-/t14-/m0/s1. The number of hydrogen-bond acceptors (Lipinski definition) is 4. The van der Waals surface area contributed by atoms with E-state index in [1.807, 2.05) is 31.2 Å². The zero-order valence-corrected chi connectivity index (χ0v) is 14.1. The maximum absolute atomic E-state index is 12.5. The summed E-state index contributed by atoms with van der Waals surface area (Å²) in [7, 11) is 3.07. The monoisotopic (exact) mass is 317 g/mol. The molecule has 1 aromatic carbocycles. The van der Waals surface area contributed by atoms with Gasteiger partial charge in [0.2, 0.25) is 0 Å². The number of hydrogen-bond donors (Lipinski definition) is 0. The van der Waals surface area contributed by atoms with Crippen LogP contribution in [0.4, 0.5) is 0 Å². The Bertz CT molecular complexity index is 506. The molecule has 0 radical (unpaired) electrons. The summed E-state index contributed by atoms with van der Waals surface area (Å²) >= 11 is 6.32. The summed E-state index contributed by atoms with van der Waals surface area (Å²) < 4.78 is 22.6. The summed E-state index contributed by atoms with van der Waals surface area (Å²) in [5.74, 6) is -0.550. The van der Waals surface area contributed by atoms with E-state index < -0.39 is 13.4 Å². The molecule has 0 N–H and O–H groups in total. The van der Waals surface area contributed by atoms with Crippen molar-refractivity contribution >= 4 is 24.2 Å². The summed E-state index contributed by atoms with van der Waals surface area (Å²) in [6.07, 6.45) is 1.69. The van der Waals surface area contributed by atoms with Crippen LogP contribution in [0, 0.1) is 6.92 Å². The maximum atomic E-state index is 12.5. The zero-order chi connectivity index (χ0) is 15.3. The molecule has 0 bridgehead atoms. The van der Waals surface area contributed by atoms with Crippen molar-refractivity contribution in [2.45, 2.75) is 12.7 Å². The molecule has 0 spiro atoms. The summed E-state index contributed by atoms with van der Waals surface area (Å²) in [5.41, 5.74) is 2.02. The molecule has 1 aromatic rings. The molecule has 0 fully saturated rings. The highest BCUT2D eigenvalue weighted by atomic mass is 35.5. The summed E-state index contributed by atoms with van der Waals surface area (Å²) in [6.45, 7) is 2.01. The molecule has 0 saturated heterocycles. The minimum atomic E-state index is -3.27. The first-order valence-corrected chi connectivity index (χ1v) is 8.15. The second-order valence-electron chi connectivity index (χ2n) is 4.66. The normalized spacial score (nSPS) is 14.7. The van der Waals surface area contributed by atoms with Gasteiger partial charge in [-0.1, -0.05) is 41.4 Å². The number of aryl methyl sites for hydroxylation is 1. The first-order chi connectivity index (χ1) is 9.34. The molecule has 0 aliphatic heterocycles. The molecule has 0 unspecified atom stereocenters. The molecular formula is C14H21ClNO3P. The van der Waals surface area contributed by atoms with Crippen molar-refractivity contribution in [1.82, 2.24) is 4.90 Å². The molecule has 20 heavy (non-hydrogen) atoms. The van der Waals surface area contributed by atoms with Gasteiger partial charge in [0.1, 0.15) is 5.78 Å². The lowest BCUT2D eigenvalue weighted by atomic mass is 10.1. The average molecular weight is 318 g/mol. The van der Waals surface area contributed by atoms with E-state index in [0.29, 0.717) is 5.03 Å². The highest BCUT2D eigenvalue weighted by Crippen LogP contribution is 2.53. The van der Waals surface area contributed by atoms with Crippen molar-refractivity contribution in [2.75, 3.05) is 28.3 Å². The fraction of sp³-hybridized carbons (Fsp3) is 0.429. The molecule has 1 atom stereocenters. The molecule has 0 saturated carbocycles. The molecule has 4 nitrogen and oxygen atoms in total. The minimum absolute atomic E-state index is 0.512. The van der Waals surface area contributed by atoms with Crippen LogP contribution in [-0.2, 0) is 13.6 Å². The highest BCUT2D eigenvalue weighted by molar-refractivity contribution is 7.54. The van der Waals surface area contributed by atoms with Crippen LogP contribution in [0.3, 0.4) is 0 Å². The molecule has 1 rings (SSSR count). The fourth-order valence-electron chi connectivity index (χ4n) is 1.75. The van der Waals surface area contributed by atoms with E-state index in [4.69, 9.17) is 20.6 Å². The van der Waals surface area contributed by atoms with Crippen molar-refractivity contribution in [2.24, 2.45) is 0 Å². The van der Waals surface area contributed by atoms with Crippen LogP contribution >= 0.6 is 19.2 Å². The van der Waals surface area contributed by atoms with Crippen LogP contribution in [0.15, 0.2) is 30.3 Å². The van der Waals surface area contributed by atoms with Gasteiger partial charge in [0, 0.05) is 19.3 Å². The van der Waals surface area contributed by atoms with Gasteiger partial charge in [0.25, 0.3) is 0 Å². The van der Waals surface area contributed by atoms with E-state index in [1.165, 1.54) is 14.2 Å². The summed E-state index contributed by atoms with van der Waals surface area (Å²) in [6, 6.07) is 7.79. The third-order valence-corrected chi connectivity index (χ3v) is 5.61. The summed E-state index contributed by atoms with van der Waals surface area (Å²) in [5, 5.41) is 0.512. The third-order valence-electron chi connectivity index (χ3n) is 2.98. The van der Waals surface area contributed by atoms with Crippen molar-refractivity contribution in [3.8, 4) is 0 Å². The number of nitrogens with zero attached hydrogens (tertiary/aromatic N) is 1. The molecule has 0 aliphatic carbocycles. The Balaban J connectivity index is 3.14. The lowest BCUT2D eigenvalue weighted by Crippen LogP contribution is -2.27. The number of halogens is 1. The molecule has 0 heterocycles. The van der Waals surface area contributed by atoms with Crippen molar-refractivity contribution in [3.63, 3.8) is 0 Å². The SMILES string of the molecule is COP(=O)(OC)[C@@H](/C=C(\Cl)c1ccc(C)cc1)N(C)C. The van der Waals surface area contributed by atoms with Crippen LogP contribution in [0.25, 0.3) is 5.03 Å². The van der Waals surface area contributed by atoms with Gasteiger partial charge in [-0.25, -0.2) is 0 Å². The smallest absolute Gasteiger partial charge is 0.311 e. The number of likely N-dealkylation sites (N-methyl/N-ethyl adjacent to an activating group) is 1. The molecule has 0 amide bonds. The lowest BCUT2D eigenvalue weighted by Gasteiger charge is -2.27. The van der Waals surface area contributed by atoms with Crippen LogP contribution in [0.1, 0.15) is 11.1 Å². The first kappa shape index (κ1) is 17.4. The Kier molecular flexibility index (Phi) is 6.44. The Morgan fingerprint density at radius 1 is 1.25 bits per heavy atom. The van der Waals surface area contributed by atoms with Crippen LogP contribution in [-0.4, -0.2) is 39.0 Å². The van der Waals surface area contributed by atoms with Crippen LogP contribution in [0.5, 0.6) is 0 Å². The van der Waals surface area contributed by atoms with Gasteiger partial charge in [0.15, 0.2) is 0 Å². The van der Waals surface area contributed by atoms with Crippen molar-refractivity contribution in [3.05, 3.63) is 41.5 Å². The van der Waals surface area contributed by atoms with Crippen LogP contribution in [0.2, 0.25) is 0 Å². The predicted octanol–water partition coefficient (Wildman–Crippen LogP) is 3.95. The topological polar surface area (TPSA) is 38.8 Å². The first-order valence-electron chi connectivity index (χ1n) is 6.16. The Labute approximate surface area is 125 Å². The van der Waals surface area contributed by atoms with E-state index in [0.717, 1.165) is 11.1 Å². The Morgan fingerprint density at radius 2 is 1.75 bits per heavy atom. The van der Waals surface area contributed by atoms with Gasteiger partial charge in [0.05, 0.1) is 0 Å². The maximum Gasteiger partial charge on any atom is 0.351 e. The average Bonchev–Trinajstić information content (AvgIpc) is 2.44. The number of benzene rings is 1. The molecule has 112 valence electrons. The van der Waals surface area contributed by atoms with E-state index in [-0.39, 0.29) is 0 Å². The molecule has 6 heteroatoms. The fourth-order valence-corrected chi connectivity index (χ4v) is 3.57. The summed E-state index contributed by atoms with van der Waals surface area (Å²) in [4.78, 5) is 1.75. The van der Waals surface area contributed by atoms with Gasteiger partial charge in [-0.15, -0.1) is 0 Å². The van der Waals surface area contributed by atoms with Gasteiger partial charge in [-0.3, -0.25) is 9.46 Å². The molecule has 0 aliphatic rings. The van der Waals surface area contributed by atoms with Crippen molar-refractivity contribution in [1.29, 1.82) is 0 Å². The zero-order valence-electron chi connectivity index (χ0n) is 12.5. The van der Waals surface area contributed by atoms with Crippen LogP contribution < -0.4 is 0 Å². The Morgan fingerprint density at radius 3 is 2.15 bits per heavy atom. The minimum Gasteiger partial charge on any atom is -0.311 e.